The summed E-state index contributed by atoms with van der Waals surface area (Å²) < 4.78 is 27.4. The van der Waals surface area contributed by atoms with Gasteiger partial charge in [-0.15, -0.1) is 0 Å². The Balaban J connectivity index is 1.53. The summed E-state index contributed by atoms with van der Waals surface area (Å²) >= 11 is 0. The van der Waals surface area contributed by atoms with Crippen LogP contribution in [0.5, 0.6) is 0 Å². The molecule has 0 aromatic heterocycles. The van der Waals surface area contributed by atoms with Crippen LogP contribution < -0.4 is 10.0 Å². The van der Waals surface area contributed by atoms with Gasteiger partial charge in [0, 0.05) is 12.1 Å². The predicted molar refractivity (Wildman–Crippen MR) is 134 cm³/mol. The zero-order valence-electron chi connectivity index (χ0n) is 20.1. The van der Waals surface area contributed by atoms with E-state index in [-0.39, 0.29) is 28.6 Å². The second-order valence-corrected chi connectivity index (χ2v) is 11.3. The molecule has 0 spiro atoms. The molecule has 2 heterocycles. The molecule has 0 radical (unpaired) electrons. The molecule has 2 aliphatic rings. The number of carbonyl (C=O) groups excluding carboxylic acids is 1. The van der Waals surface area contributed by atoms with Crippen LogP contribution in [0.3, 0.4) is 0 Å². The Morgan fingerprint density at radius 1 is 1.09 bits per heavy atom. The summed E-state index contributed by atoms with van der Waals surface area (Å²) in [5.74, 6) is 0.656. The minimum Gasteiger partial charge on any atom is -0.352 e. The average molecular weight is 483 g/mol. The average Bonchev–Trinajstić information content (AvgIpc) is 3.09. The molecule has 8 heteroatoms. The lowest BCUT2D eigenvalue weighted by Gasteiger charge is -2.37. The maximum absolute atomic E-state index is 13.3. The number of aliphatic imine (C=N–C) groups is 1. The molecule has 2 aromatic carbocycles. The van der Waals surface area contributed by atoms with E-state index < -0.39 is 16.1 Å². The lowest BCUT2D eigenvalue weighted by molar-refractivity contribution is -0.123. The molecule has 0 saturated carbocycles. The van der Waals surface area contributed by atoms with Gasteiger partial charge in [-0.3, -0.25) is 19.4 Å². The number of amidine groups is 1. The minimum atomic E-state index is -3.65. The standard InChI is InChI=1S/C26H34N4O3S/c1-18(2)24(28-25-21-11-7-8-12-23(21)34(32,33)29-25)26(31)27-17-22(20-9-5-4-6-10-20)30-15-13-19(3)14-16-30/h4-12,18-19,22,24H,13-17H2,1-3H3,(H,27,31)(H,28,29)/t22?,24-/m0/s1. The maximum Gasteiger partial charge on any atom is 0.263 e. The van der Waals surface area contributed by atoms with Crippen molar-refractivity contribution >= 4 is 21.8 Å². The smallest absolute Gasteiger partial charge is 0.263 e. The van der Waals surface area contributed by atoms with Crippen molar-refractivity contribution in [2.24, 2.45) is 16.8 Å². The van der Waals surface area contributed by atoms with Gasteiger partial charge >= 0.3 is 0 Å². The summed E-state index contributed by atoms with van der Waals surface area (Å²) in [4.78, 5) is 20.5. The highest BCUT2D eigenvalue weighted by Gasteiger charge is 2.33. The van der Waals surface area contributed by atoms with Gasteiger partial charge in [0.25, 0.3) is 10.0 Å². The third kappa shape index (κ3) is 5.33. The van der Waals surface area contributed by atoms with Crippen LogP contribution in [0.1, 0.15) is 50.8 Å². The number of piperidine rings is 1. The number of carbonyl (C=O) groups is 1. The van der Waals surface area contributed by atoms with Crippen molar-refractivity contribution in [1.29, 1.82) is 0 Å². The van der Waals surface area contributed by atoms with Gasteiger partial charge in [0.2, 0.25) is 5.91 Å². The number of benzene rings is 2. The van der Waals surface area contributed by atoms with E-state index in [1.165, 1.54) is 5.56 Å². The fraction of sp³-hybridized carbons (Fsp3) is 0.462. The predicted octanol–water partition coefficient (Wildman–Crippen LogP) is 3.34. The van der Waals surface area contributed by atoms with E-state index in [2.05, 4.69) is 39.0 Å². The second kappa shape index (κ2) is 10.3. The van der Waals surface area contributed by atoms with Gasteiger partial charge in [0.1, 0.15) is 11.9 Å². The van der Waals surface area contributed by atoms with Crippen LogP contribution in [0.15, 0.2) is 64.5 Å². The molecular weight excluding hydrogens is 448 g/mol. The number of amides is 1. The molecule has 0 aliphatic carbocycles. The van der Waals surface area contributed by atoms with Crippen LogP contribution in [0.4, 0.5) is 0 Å². The van der Waals surface area contributed by atoms with Crippen LogP contribution >= 0.6 is 0 Å². The van der Waals surface area contributed by atoms with Crippen molar-refractivity contribution in [2.45, 2.75) is 50.6 Å². The summed E-state index contributed by atoms with van der Waals surface area (Å²) in [5.41, 5.74) is 1.69. The Morgan fingerprint density at radius 2 is 1.74 bits per heavy atom. The van der Waals surface area contributed by atoms with Crippen molar-refractivity contribution in [3.8, 4) is 0 Å². The van der Waals surface area contributed by atoms with E-state index >= 15 is 0 Å². The molecule has 2 N–H and O–H groups in total. The number of nitrogens with one attached hydrogen (secondary N) is 2. The summed E-state index contributed by atoms with van der Waals surface area (Å²) in [6.45, 7) is 8.62. The fourth-order valence-electron chi connectivity index (χ4n) is 4.65. The number of sulfonamides is 1. The van der Waals surface area contributed by atoms with Crippen LogP contribution in [0, 0.1) is 11.8 Å². The molecule has 1 unspecified atom stereocenters. The van der Waals surface area contributed by atoms with Gasteiger partial charge in [-0.05, 0) is 55.5 Å². The summed E-state index contributed by atoms with van der Waals surface area (Å²) in [5, 5.41) is 3.12. The quantitative estimate of drug-likeness (QED) is 0.633. The summed E-state index contributed by atoms with van der Waals surface area (Å²) in [6, 6.07) is 16.4. The van der Waals surface area contributed by atoms with Crippen LogP contribution in [-0.4, -0.2) is 50.7 Å². The Kier molecular flexibility index (Phi) is 7.38. The number of rotatable bonds is 7. The zero-order chi connectivity index (χ0) is 24.3. The van der Waals surface area contributed by atoms with Crippen molar-refractivity contribution in [2.75, 3.05) is 19.6 Å². The molecule has 1 fully saturated rings. The summed E-state index contributed by atoms with van der Waals surface area (Å²) in [6.07, 6.45) is 2.30. The van der Waals surface area contributed by atoms with E-state index in [1.807, 2.05) is 32.0 Å². The Morgan fingerprint density at radius 3 is 2.41 bits per heavy atom. The SMILES string of the molecule is CC1CCN(C(CNC(=O)[C@@H](N=C2NS(=O)(=O)c3ccccc32)C(C)C)c2ccccc2)CC1. The molecule has 182 valence electrons. The lowest BCUT2D eigenvalue weighted by Crippen LogP contribution is -2.45. The Bertz CT molecular complexity index is 1140. The van der Waals surface area contributed by atoms with Crippen molar-refractivity contribution in [1.82, 2.24) is 14.9 Å². The molecular formula is C26H34N4O3S. The fourth-order valence-corrected chi connectivity index (χ4v) is 5.89. The first-order valence-corrected chi connectivity index (χ1v) is 13.5. The van der Waals surface area contributed by atoms with E-state index in [0.717, 1.165) is 31.8 Å². The molecule has 2 aliphatic heterocycles. The second-order valence-electron chi connectivity index (χ2n) is 9.66. The highest BCUT2D eigenvalue weighted by Crippen LogP contribution is 2.27. The molecule has 2 atom stereocenters. The molecule has 0 bridgehead atoms. The number of nitrogens with zero attached hydrogens (tertiary/aromatic N) is 2. The summed E-state index contributed by atoms with van der Waals surface area (Å²) in [7, 11) is -3.65. The van der Waals surface area contributed by atoms with Gasteiger partial charge in [-0.25, -0.2) is 8.42 Å². The van der Waals surface area contributed by atoms with Crippen molar-refractivity contribution in [3.05, 3.63) is 65.7 Å². The van der Waals surface area contributed by atoms with Gasteiger partial charge in [0.15, 0.2) is 0 Å². The molecule has 34 heavy (non-hydrogen) atoms. The third-order valence-electron chi connectivity index (χ3n) is 6.74. The normalized spacial score (nSPS) is 21.1. The number of likely N-dealkylation sites (tertiary alicyclic amines) is 1. The zero-order valence-corrected chi connectivity index (χ0v) is 20.9. The number of fused-ring (bicyclic) bond motifs is 1. The number of hydrogen-bond acceptors (Lipinski definition) is 5. The molecule has 4 rings (SSSR count). The van der Waals surface area contributed by atoms with Gasteiger partial charge in [-0.2, -0.15) is 0 Å². The van der Waals surface area contributed by atoms with Crippen molar-refractivity contribution < 1.29 is 13.2 Å². The minimum absolute atomic E-state index is 0.0869. The highest BCUT2D eigenvalue weighted by molar-refractivity contribution is 7.90. The first kappa shape index (κ1) is 24.4. The first-order valence-electron chi connectivity index (χ1n) is 12.0. The van der Waals surface area contributed by atoms with Gasteiger partial charge in [-0.1, -0.05) is 63.2 Å². The molecule has 1 saturated heterocycles. The van der Waals surface area contributed by atoms with E-state index in [0.29, 0.717) is 12.1 Å². The molecule has 2 aromatic rings. The molecule has 1 amide bonds. The van der Waals surface area contributed by atoms with Crippen LogP contribution in [-0.2, 0) is 14.8 Å². The largest absolute Gasteiger partial charge is 0.352 e. The third-order valence-corrected chi connectivity index (χ3v) is 8.14. The van der Waals surface area contributed by atoms with Gasteiger partial charge in [0.05, 0.1) is 10.9 Å². The van der Waals surface area contributed by atoms with E-state index in [1.54, 1.807) is 24.3 Å². The lowest BCUT2D eigenvalue weighted by atomic mass is 9.95. The Hall–Kier alpha value is -2.71. The first-order chi connectivity index (χ1) is 16.3. The van der Waals surface area contributed by atoms with Gasteiger partial charge < -0.3 is 5.32 Å². The van der Waals surface area contributed by atoms with E-state index in [9.17, 15) is 13.2 Å². The Labute approximate surface area is 202 Å². The number of hydrogen-bond donors (Lipinski definition) is 2. The highest BCUT2D eigenvalue weighted by atomic mass is 32.2. The van der Waals surface area contributed by atoms with Crippen LogP contribution in [0.2, 0.25) is 0 Å². The molecule has 7 nitrogen and oxygen atoms in total. The van der Waals surface area contributed by atoms with E-state index in [4.69, 9.17) is 0 Å². The topological polar surface area (TPSA) is 90.9 Å². The maximum atomic E-state index is 13.3. The van der Waals surface area contributed by atoms with Crippen molar-refractivity contribution in [3.63, 3.8) is 0 Å². The van der Waals surface area contributed by atoms with Crippen LogP contribution in [0.25, 0.3) is 0 Å². The monoisotopic (exact) mass is 482 g/mol.